The molecule has 1 aliphatic rings. The summed E-state index contributed by atoms with van der Waals surface area (Å²) in [6, 6.07) is 7.64. The Balaban J connectivity index is 1.72. The molecule has 2 aromatic rings. The first-order valence-corrected chi connectivity index (χ1v) is 8.04. The molecule has 7 nitrogen and oxygen atoms in total. The third-order valence-electron chi connectivity index (χ3n) is 4.42. The summed E-state index contributed by atoms with van der Waals surface area (Å²) in [6.45, 7) is 3.38. The van der Waals surface area contributed by atoms with Gasteiger partial charge in [-0.2, -0.15) is 0 Å². The van der Waals surface area contributed by atoms with Crippen molar-refractivity contribution >= 4 is 16.9 Å². The zero-order valence-electron chi connectivity index (χ0n) is 14.1. The Morgan fingerprint density at radius 2 is 1.92 bits per heavy atom. The number of hydrogen-bond acceptors (Lipinski definition) is 5. The van der Waals surface area contributed by atoms with Crippen molar-refractivity contribution in [2.24, 2.45) is 7.05 Å². The lowest BCUT2D eigenvalue weighted by Gasteiger charge is -2.34. The van der Waals surface area contributed by atoms with Crippen molar-refractivity contribution in [1.29, 1.82) is 0 Å². The van der Waals surface area contributed by atoms with Crippen molar-refractivity contribution < 1.29 is 9.53 Å². The molecule has 0 radical (unpaired) electrons. The molecule has 0 spiro atoms. The summed E-state index contributed by atoms with van der Waals surface area (Å²) in [5, 5.41) is 0. The largest absolute Gasteiger partial charge is 0.375 e. The van der Waals surface area contributed by atoms with Gasteiger partial charge in [-0.25, -0.2) is 4.98 Å². The third kappa shape index (κ3) is 3.32. The number of aromatic nitrogens is 2. The van der Waals surface area contributed by atoms with Crippen LogP contribution in [0.5, 0.6) is 0 Å². The van der Waals surface area contributed by atoms with Crippen LogP contribution in [0.3, 0.4) is 0 Å². The highest BCUT2D eigenvalue weighted by Crippen LogP contribution is 2.11. The molecule has 0 bridgehead atoms. The molecule has 24 heavy (non-hydrogen) atoms. The molecule has 1 saturated heterocycles. The van der Waals surface area contributed by atoms with Crippen LogP contribution in [0.4, 0.5) is 0 Å². The molecular weight excluding hydrogens is 308 g/mol. The highest BCUT2D eigenvalue weighted by molar-refractivity contribution is 5.77. The second-order valence-electron chi connectivity index (χ2n) is 6.00. The molecule has 1 fully saturated rings. The van der Waals surface area contributed by atoms with E-state index in [1.165, 1.54) is 7.11 Å². The molecule has 0 atom stereocenters. The molecular formula is C17H22N4O3. The average Bonchev–Trinajstić information content (AvgIpc) is 2.60. The van der Waals surface area contributed by atoms with Gasteiger partial charge in [-0.3, -0.25) is 14.5 Å². The molecule has 0 aliphatic carbocycles. The summed E-state index contributed by atoms with van der Waals surface area (Å²) in [5.41, 5.74) is 2.14. The van der Waals surface area contributed by atoms with Crippen LogP contribution in [0.1, 0.15) is 5.69 Å². The second kappa shape index (κ2) is 7.11. The summed E-state index contributed by atoms with van der Waals surface area (Å²) in [6.07, 6.45) is 0. The Morgan fingerprint density at radius 3 is 2.62 bits per heavy atom. The fourth-order valence-electron chi connectivity index (χ4n) is 3.02. The van der Waals surface area contributed by atoms with Gasteiger partial charge < -0.3 is 14.2 Å². The van der Waals surface area contributed by atoms with Crippen LogP contribution in [0.25, 0.3) is 11.0 Å². The average molecular weight is 330 g/mol. The van der Waals surface area contributed by atoms with Gasteiger partial charge in [-0.1, -0.05) is 12.1 Å². The number of methoxy groups -OCH3 is 1. The molecule has 0 unspecified atom stereocenters. The maximum atomic E-state index is 12.5. The zero-order valence-corrected chi connectivity index (χ0v) is 14.1. The Hall–Kier alpha value is -2.25. The standard InChI is InChI=1S/C17H22N4O3/c1-19-15-6-4-3-5-13(15)18-14(17(19)23)11-20-7-9-21(10-8-20)16(22)12-24-2/h3-6H,7-12H2,1-2H3. The molecule has 2 heterocycles. The fraction of sp³-hybridized carbons (Fsp3) is 0.471. The lowest BCUT2D eigenvalue weighted by atomic mass is 10.2. The van der Waals surface area contributed by atoms with Gasteiger partial charge in [0.2, 0.25) is 5.91 Å². The number of ether oxygens (including phenoxy) is 1. The quantitative estimate of drug-likeness (QED) is 0.802. The van der Waals surface area contributed by atoms with Crippen molar-refractivity contribution in [3.05, 3.63) is 40.3 Å². The number of carbonyl (C=O) groups excluding carboxylic acids is 1. The Bertz CT molecular complexity index is 794. The molecule has 1 aliphatic heterocycles. The number of nitrogens with zero attached hydrogens (tertiary/aromatic N) is 4. The van der Waals surface area contributed by atoms with Gasteiger partial charge in [-0.05, 0) is 12.1 Å². The van der Waals surface area contributed by atoms with Gasteiger partial charge in [0, 0.05) is 46.9 Å². The fourth-order valence-corrected chi connectivity index (χ4v) is 3.02. The monoisotopic (exact) mass is 330 g/mol. The summed E-state index contributed by atoms with van der Waals surface area (Å²) in [4.78, 5) is 32.8. The van der Waals surface area contributed by atoms with E-state index >= 15 is 0 Å². The Kier molecular flexibility index (Phi) is 4.92. The first kappa shape index (κ1) is 16.6. The van der Waals surface area contributed by atoms with Crippen LogP contribution in [-0.4, -0.2) is 65.2 Å². The Labute approximate surface area is 140 Å². The van der Waals surface area contributed by atoms with Gasteiger partial charge in [0.25, 0.3) is 5.56 Å². The SMILES string of the molecule is COCC(=O)N1CCN(Cc2nc3ccccc3n(C)c2=O)CC1. The van der Waals surface area contributed by atoms with E-state index in [1.54, 1.807) is 16.5 Å². The number of rotatable bonds is 4. The van der Waals surface area contributed by atoms with Crippen LogP contribution in [0.15, 0.2) is 29.1 Å². The first-order chi connectivity index (χ1) is 11.6. The third-order valence-corrected chi connectivity index (χ3v) is 4.42. The van der Waals surface area contributed by atoms with Crippen LogP contribution in [0, 0.1) is 0 Å². The number of aryl methyl sites for hydroxylation is 1. The highest BCUT2D eigenvalue weighted by Gasteiger charge is 2.22. The molecule has 128 valence electrons. The van der Waals surface area contributed by atoms with Crippen molar-refractivity contribution in [2.75, 3.05) is 39.9 Å². The van der Waals surface area contributed by atoms with Crippen molar-refractivity contribution in [3.63, 3.8) is 0 Å². The molecule has 0 saturated carbocycles. The summed E-state index contributed by atoms with van der Waals surface area (Å²) in [7, 11) is 3.30. The van der Waals surface area contributed by atoms with Crippen LogP contribution >= 0.6 is 0 Å². The number of para-hydroxylation sites is 2. The van der Waals surface area contributed by atoms with Crippen molar-refractivity contribution in [1.82, 2.24) is 19.4 Å². The predicted molar refractivity (Wildman–Crippen MR) is 90.7 cm³/mol. The molecule has 3 rings (SSSR count). The van der Waals surface area contributed by atoms with Crippen LogP contribution in [-0.2, 0) is 23.1 Å². The van der Waals surface area contributed by atoms with Gasteiger partial charge in [0.15, 0.2) is 0 Å². The Morgan fingerprint density at radius 1 is 1.21 bits per heavy atom. The minimum Gasteiger partial charge on any atom is -0.375 e. The number of carbonyl (C=O) groups is 1. The smallest absolute Gasteiger partial charge is 0.273 e. The zero-order chi connectivity index (χ0) is 17.1. The first-order valence-electron chi connectivity index (χ1n) is 8.04. The van der Waals surface area contributed by atoms with E-state index in [4.69, 9.17) is 4.74 Å². The second-order valence-corrected chi connectivity index (χ2v) is 6.00. The highest BCUT2D eigenvalue weighted by atomic mass is 16.5. The van der Waals surface area contributed by atoms with E-state index in [9.17, 15) is 9.59 Å². The van der Waals surface area contributed by atoms with Gasteiger partial charge in [0.05, 0.1) is 11.0 Å². The number of amides is 1. The van der Waals surface area contributed by atoms with E-state index in [0.717, 1.165) is 24.1 Å². The molecule has 1 aromatic heterocycles. The van der Waals surface area contributed by atoms with E-state index in [0.29, 0.717) is 25.3 Å². The van der Waals surface area contributed by atoms with Crippen LogP contribution < -0.4 is 5.56 Å². The molecule has 1 amide bonds. The van der Waals surface area contributed by atoms with E-state index in [1.807, 2.05) is 24.3 Å². The minimum absolute atomic E-state index is 0.0110. The predicted octanol–water partition coefficient (Wildman–Crippen LogP) is 0.224. The van der Waals surface area contributed by atoms with Crippen molar-refractivity contribution in [2.45, 2.75) is 6.54 Å². The van der Waals surface area contributed by atoms with Gasteiger partial charge in [0.1, 0.15) is 12.3 Å². The lowest BCUT2D eigenvalue weighted by Crippen LogP contribution is -2.49. The van der Waals surface area contributed by atoms with Gasteiger partial charge >= 0.3 is 0 Å². The van der Waals surface area contributed by atoms with E-state index < -0.39 is 0 Å². The van der Waals surface area contributed by atoms with Gasteiger partial charge in [-0.15, -0.1) is 0 Å². The number of fused-ring (bicyclic) bond motifs is 1. The van der Waals surface area contributed by atoms with Crippen LogP contribution in [0.2, 0.25) is 0 Å². The molecule has 1 aromatic carbocycles. The maximum Gasteiger partial charge on any atom is 0.273 e. The summed E-state index contributed by atoms with van der Waals surface area (Å²) >= 11 is 0. The number of piperazine rings is 1. The molecule has 7 heteroatoms. The topological polar surface area (TPSA) is 67.7 Å². The number of benzene rings is 1. The lowest BCUT2D eigenvalue weighted by molar-refractivity contribution is -0.136. The summed E-state index contributed by atoms with van der Waals surface area (Å²) in [5.74, 6) is 0.0110. The summed E-state index contributed by atoms with van der Waals surface area (Å²) < 4.78 is 6.54. The maximum absolute atomic E-state index is 12.5. The normalized spacial score (nSPS) is 15.8. The van der Waals surface area contributed by atoms with E-state index in [2.05, 4.69) is 9.88 Å². The van der Waals surface area contributed by atoms with E-state index in [-0.39, 0.29) is 18.1 Å². The molecule has 0 N–H and O–H groups in total. The minimum atomic E-state index is -0.0633. The number of hydrogen-bond donors (Lipinski definition) is 0. The van der Waals surface area contributed by atoms with Crippen molar-refractivity contribution in [3.8, 4) is 0 Å².